The van der Waals surface area contributed by atoms with Crippen LogP contribution in [-0.2, 0) is 11.2 Å². The highest BCUT2D eigenvalue weighted by atomic mass is 79.9. The molecule has 0 aliphatic carbocycles. The average molecular weight is 397 g/mol. The van der Waals surface area contributed by atoms with Crippen LogP contribution < -0.4 is 10.1 Å². The summed E-state index contributed by atoms with van der Waals surface area (Å²) in [7, 11) is 0. The van der Waals surface area contributed by atoms with Gasteiger partial charge >= 0.3 is 0 Å². The summed E-state index contributed by atoms with van der Waals surface area (Å²) in [5, 5.41) is 3.43. The van der Waals surface area contributed by atoms with Crippen LogP contribution in [0.15, 0.2) is 46.9 Å². The van der Waals surface area contributed by atoms with Crippen molar-refractivity contribution >= 4 is 39.1 Å². The Bertz CT molecular complexity index is 659. The lowest BCUT2D eigenvalue weighted by atomic mass is 10.1. The van der Waals surface area contributed by atoms with Crippen LogP contribution in [0.4, 0.5) is 5.69 Å². The number of carbonyl (C=O) groups is 1. The third kappa shape index (κ3) is 5.88. The van der Waals surface area contributed by atoms with Crippen LogP contribution in [0.2, 0.25) is 5.02 Å². The summed E-state index contributed by atoms with van der Waals surface area (Å²) in [6, 6.07) is 13.1. The monoisotopic (exact) mass is 395 g/mol. The van der Waals surface area contributed by atoms with Crippen molar-refractivity contribution in [3.05, 3.63) is 57.5 Å². The van der Waals surface area contributed by atoms with E-state index < -0.39 is 0 Å². The van der Waals surface area contributed by atoms with Gasteiger partial charge in [0.05, 0.1) is 4.47 Å². The Kier molecular flexibility index (Phi) is 6.93. The van der Waals surface area contributed by atoms with Crippen LogP contribution in [0.3, 0.4) is 0 Å². The Balaban J connectivity index is 1.84. The van der Waals surface area contributed by atoms with Crippen molar-refractivity contribution in [1.29, 1.82) is 0 Å². The first-order valence-electron chi connectivity index (χ1n) is 7.55. The highest BCUT2D eigenvalue weighted by molar-refractivity contribution is 9.10. The van der Waals surface area contributed by atoms with Gasteiger partial charge in [-0.15, -0.1) is 0 Å². The lowest BCUT2D eigenvalue weighted by Gasteiger charge is -2.09. The lowest BCUT2D eigenvalue weighted by Crippen LogP contribution is -2.20. The van der Waals surface area contributed by atoms with E-state index in [0.717, 1.165) is 16.6 Å². The van der Waals surface area contributed by atoms with Gasteiger partial charge in [-0.2, -0.15) is 0 Å². The standard InChI is InChI=1S/C18H19BrClNO2/c1-2-3-4-13-5-8-15(9-6-13)21-18(22)12-23-17-10-7-14(20)11-16(17)19/h5-11H,2-4,12H2,1H3,(H,21,22). The third-order valence-electron chi connectivity index (χ3n) is 3.31. The Labute approximate surface area is 150 Å². The van der Waals surface area contributed by atoms with Crippen molar-refractivity contribution in [3.8, 4) is 5.75 Å². The Hall–Kier alpha value is -1.52. The largest absolute Gasteiger partial charge is 0.483 e. The number of rotatable bonds is 7. The van der Waals surface area contributed by atoms with E-state index >= 15 is 0 Å². The Morgan fingerprint density at radius 3 is 2.61 bits per heavy atom. The Morgan fingerprint density at radius 2 is 1.96 bits per heavy atom. The predicted molar refractivity (Wildman–Crippen MR) is 98.3 cm³/mol. The van der Waals surface area contributed by atoms with Gasteiger partial charge in [-0.3, -0.25) is 4.79 Å². The quantitative estimate of drug-likeness (QED) is 0.674. The number of aryl methyl sites for hydroxylation is 1. The molecule has 23 heavy (non-hydrogen) atoms. The first kappa shape index (κ1) is 17.8. The highest BCUT2D eigenvalue weighted by Gasteiger charge is 2.07. The summed E-state index contributed by atoms with van der Waals surface area (Å²) >= 11 is 9.22. The molecule has 0 aliphatic heterocycles. The number of hydrogen-bond donors (Lipinski definition) is 1. The molecule has 1 amide bonds. The Morgan fingerprint density at radius 1 is 1.22 bits per heavy atom. The van der Waals surface area contributed by atoms with Crippen LogP contribution in [0, 0.1) is 0 Å². The van der Waals surface area contributed by atoms with Gasteiger partial charge in [-0.1, -0.05) is 37.1 Å². The van der Waals surface area contributed by atoms with Crippen molar-refractivity contribution < 1.29 is 9.53 Å². The molecule has 0 unspecified atom stereocenters. The molecule has 0 saturated heterocycles. The number of benzene rings is 2. The molecule has 2 aromatic carbocycles. The van der Waals surface area contributed by atoms with Crippen molar-refractivity contribution in [3.63, 3.8) is 0 Å². The van der Waals surface area contributed by atoms with Gasteiger partial charge in [0, 0.05) is 10.7 Å². The second-order valence-electron chi connectivity index (χ2n) is 5.21. The fraction of sp³-hybridized carbons (Fsp3) is 0.278. The molecule has 0 fully saturated rings. The fourth-order valence-electron chi connectivity index (χ4n) is 2.07. The van der Waals surface area contributed by atoms with Gasteiger partial charge < -0.3 is 10.1 Å². The maximum Gasteiger partial charge on any atom is 0.262 e. The van der Waals surface area contributed by atoms with Gasteiger partial charge in [0.2, 0.25) is 0 Å². The van der Waals surface area contributed by atoms with Gasteiger partial charge in [-0.05, 0) is 64.7 Å². The molecule has 3 nitrogen and oxygen atoms in total. The van der Waals surface area contributed by atoms with E-state index in [2.05, 4.69) is 28.2 Å². The molecule has 0 aromatic heterocycles. The smallest absolute Gasteiger partial charge is 0.262 e. The zero-order chi connectivity index (χ0) is 16.7. The molecule has 0 radical (unpaired) electrons. The first-order valence-corrected chi connectivity index (χ1v) is 8.72. The van der Waals surface area contributed by atoms with Crippen molar-refractivity contribution in [1.82, 2.24) is 0 Å². The summed E-state index contributed by atoms with van der Waals surface area (Å²) < 4.78 is 6.21. The van der Waals surface area contributed by atoms with Gasteiger partial charge in [0.15, 0.2) is 6.61 Å². The van der Waals surface area contributed by atoms with Crippen LogP contribution >= 0.6 is 27.5 Å². The van der Waals surface area contributed by atoms with E-state index in [1.54, 1.807) is 18.2 Å². The van der Waals surface area contributed by atoms with Gasteiger partial charge in [0.1, 0.15) is 5.75 Å². The van der Waals surface area contributed by atoms with Crippen LogP contribution in [0.25, 0.3) is 0 Å². The predicted octanol–water partition coefficient (Wildman–Crippen LogP) is 5.46. The number of hydrogen-bond acceptors (Lipinski definition) is 2. The molecule has 2 rings (SSSR count). The van der Waals surface area contributed by atoms with Crippen molar-refractivity contribution in [2.75, 3.05) is 11.9 Å². The summed E-state index contributed by atoms with van der Waals surface area (Å²) in [4.78, 5) is 11.9. The number of amides is 1. The number of ether oxygens (including phenoxy) is 1. The fourth-order valence-corrected chi connectivity index (χ4v) is 2.87. The molecule has 0 saturated carbocycles. The lowest BCUT2D eigenvalue weighted by molar-refractivity contribution is -0.118. The minimum Gasteiger partial charge on any atom is -0.483 e. The van der Waals surface area contributed by atoms with E-state index in [0.29, 0.717) is 10.8 Å². The number of halogens is 2. The topological polar surface area (TPSA) is 38.3 Å². The minimum absolute atomic E-state index is 0.0577. The van der Waals surface area contributed by atoms with Crippen molar-refractivity contribution in [2.24, 2.45) is 0 Å². The number of nitrogens with one attached hydrogen (secondary N) is 1. The average Bonchev–Trinajstić information content (AvgIpc) is 2.53. The van der Waals surface area contributed by atoms with E-state index in [9.17, 15) is 4.79 Å². The highest BCUT2D eigenvalue weighted by Crippen LogP contribution is 2.27. The molecule has 0 spiro atoms. The minimum atomic E-state index is -0.201. The normalized spacial score (nSPS) is 10.4. The van der Waals surface area contributed by atoms with Crippen molar-refractivity contribution in [2.45, 2.75) is 26.2 Å². The zero-order valence-corrected chi connectivity index (χ0v) is 15.3. The third-order valence-corrected chi connectivity index (χ3v) is 4.16. The van der Waals surface area contributed by atoms with E-state index in [4.69, 9.17) is 16.3 Å². The number of carbonyl (C=O) groups excluding carboxylic acids is 1. The number of unbranched alkanes of at least 4 members (excludes halogenated alkanes) is 1. The van der Waals surface area contributed by atoms with Crippen LogP contribution in [0.5, 0.6) is 5.75 Å². The molecule has 122 valence electrons. The molecule has 5 heteroatoms. The van der Waals surface area contributed by atoms with Gasteiger partial charge in [0.25, 0.3) is 5.91 Å². The molecule has 2 aromatic rings. The van der Waals surface area contributed by atoms with E-state index in [1.165, 1.54) is 18.4 Å². The summed E-state index contributed by atoms with van der Waals surface area (Å²) in [5.74, 6) is 0.382. The SMILES string of the molecule is CCCCc1ccc(NC(=O)COc2ccc(Cl)cc2Br)cc1. The van der Waals surface area contributed by atoms with E-state index in [-0.39, 0.29) is 12.5 Å². The van der Waals surface area contributed by atoms with Crippen LogP contribution in [0.1, 0.15) is 25.3 Å². The first-order chi connectivity index (χ1) is 11.1. The molecule has 0 heterocycles. The molecular weight excluding hydrogens is 378 g/mol. The number of anilines is 1. The maximum atomic E-state index is 11.9. The molecular formula is C18H19BrClNO2. The second-order valence-corrected chi connectivity index (χ2v) is 6.50. The summed E-state index contributed by atoms with van der Waals surface area (Å²) in [5.41, 5.74) is 2.06. The molecule has 0 atom stereocenters. The molecule has 0 bridgehead atoms. The van der Waals surface area contributed by atoms with E-state index in [1.807, 2.05) is 24.3 Å². The van der Waals surface area contributed by atoms with Crippen LogP contribution in [-0.4, -0.2) is 12.5 Å². The maximum absolute atomic E-state index is 11.9. The summed E-state index contributed by atoms with van der Waals surface area (Å²) in [6.07, 6.45) is 3.42. The molecule has 0 aliphatic rings. The van der Waals surface area contributed by atoms with Gasteiger partial charge in [-0.25, -0.2) is 0 Å². The summed E-state index contributed by atoms with van der Waals surface area (Å²) in [6.45, 7) is 2.12. The second kappa shape index (κ2) is 8.94. The zero-order valence-electron chi connectivity index (χ0n) is 12.9. The molecule has 1 N–H and O–H groups in total.